The number of nitrogens with two attached hydrogens (primary N) is 1. The van der Waals surface area contributed by atoms with Gasteiger partial charge in [0.2, 0.25) is 10.0 Å². The van der Waals surface area contributed by atoms with Crippen molar-refractivity contribution in [3.63, 3.8) is 0 Å². The Labute approximate surface area is 141 Å². The third kappa shape index (κ3) is 4.24. The maximum absolute atomic E-state index is 11.3. The second-order valence-electron chi connectivity index (χ2n) is 4.11. The summed E-state index contributed by atoms with van der Waals surface area (Å²) in [6, 6.07) is 5.51. The molecule has 7 nitrogen and oxygen atoms in total. The number of benzene rings is 1. The predicted octanol–water partition coefficient (Wildman–Crippen LogP) is 1.89. The van der Waals surface area contributed by atoms with Gasteiger partial charge in [-0.1, -0.05) is 11.6 Å². The minimum absolute atomic E-state index is 0. The fourth-order valence-corrected chi connectivity index (χ4v) is 2.79. The first kappa shape index (κ1) is 18.5. The fraction of sp³-hybridized carbons (Fsp3) is 0.0833. The minimum Gasteiger partial charge on any atom is -0.478 e. The van der Waals surface area contributed by atoms with Gasteiger partial charge in [0.1, 0.15) is 10.7 Å². The molecule has 1 aromatic carbocycles. The number of anilines is 1. The number of rotatable bonds is 5. The molecular weight excluding hydrogens is 378 g/mol. The first-order valence-corrected chi connectivity index (χ1v) is 7.57. The van der Waals surface area contributed by atoms with Crippen LogP contribution < -0.4 is 10.5 Å². The number of aromatic carboxylic acids is 1. The number of carboxylic acids is 1. The molecule has 0 bridgehead atoms. The molecule has 0 saturated carbocycles. The summed E-state index contributed by atoms with van der Waals surface area (Å²) in [5.41, 5.74) is -0.0914. The van der Waals surface area contributed by atoms with E-state index in [1.54, 1.807) is 12.1 Å². The Bertz CT molecular complexity index is 777. The van der Waals surface area contributed by atoms with E-state index in [-0.39, 0.29) is 39.3 Å². The summed E-state index contributed by atoms with van der Waals surface area (Å²) in [5.74, 6) is -0.725. The molecule has 0 unspecified atom stereocenters. The maximum atomic E-state index is 11.3. The third-order valence-electron chi connectivity index (χ3n) is 2.64. The summed E-state index contributed by atoms with van der Waals surface area (Å²) < 4.78 is 27.8. The summed E-state index contributed by atoms with van der Waals surface area (Å²) in [4.78, 5) is 10.8. The van der Waals surface area contributed by atoms with Crippen molar-refractivity contribution in [1.29, 1.82) is 0 Å². The smallest absolute Gasteiger partial charge is 0.337 e. The van der Waals surface area contributed by atoms with Crippen LogP contribution in [-0.4, -0.2) is 19.5 Å². The van der Waals surface area contributed by atoms with Gasteiger partial charge in [0.05, 0.1) is 29.1 Å². The van der Waals surface area contributed by atoms with Crippen LogP contribution in [0.2, 0.25) is 5.02 Å². The van der Waals surface area contributed by atoms with Gasteiger partial charge in [0.25, 0.3) is 0 Å². The number of nitrogens with one attached hydrogen (secondary N) is 1. The zero-order valence-electron chi connectivity index (χ0n) is 10.9. The van der Waals surface area contributed by atoms with Crippen molar-refractivity contribution in [2.75, 3.05) is 5.32 Å². The molecule has 0 spiro atoms. The summed E-state index contributed by atoms with van der Waals surface area (Å²) >= 11 is 5.84. The van der Waals surface area contributed by atoms with E-state index < -0.39 is 20.9 Å². The van der Waals surface area contributed by atoms with E-state index >= 15 is 0 Å². The summed E-state index contributed by atoms with van der Waals surface area (Å²) in [6.45, 7) is 0.221. The molecule has 0 fully saturated rings. The Hall–Kier alpha value is -1.54. The van der Waals surface area contributed by atoms with Crippen molar-refractivity contribution in [3.8, 4) is 0 Å². The van der Waals surface area contributed by atoms with E-state index in [0.29, 0.717) is 5.76 Å². The van der Waals surface area contributed by atoms with Crippen molar-refractivity contribution in [2.24, 2.45) is 5.14 Å². The molecule has 0 atom stereocenters. The summed E-state index contributed by atoms with van der Waals surface area (Å²) in [7, 11) is -4.11. The van der Waals surface area contributed by atoms with Gasteiger partial charge >= 0.3 is 5.97 Å². The topological polar surface area (TPSA) is 123 Å². The second kappa shape index (κ2) is 7.15. The van der Waals surface area contributed by atoms with Gasteiger partial charge in [-0.15, -0.1) is 0 Å². The Morgan fingerprint density at radius 1 is 1.41 bits per heavy atom. The SMILES string of the molecule is NS(=O)(=O)c1cc(C(=O)O)c(NCc2ccco2)cc1Cl.[Ni]. The zero-order valence-corrected chi connectivity index (χ0v) is 13.4. The molecule has 2 rings (SSSR count). The van der Waals surface area contributed by atoms with Gasteiger partial charge < -0.3 is 14.8 Å². The molecule has 0 amide bonds. The monoisotopic (exact) mass is 388 g/mol. The number of furan rings is 1. The molecule has 22 heavy (non-hydrogen) atoms. The van der Waals surface area contributed by atoms with E-state index in [4.69, 9.17) is 26.3 Å². The minimum atomic E-state index is -4.11. The van der Waals surface area contributed by atoms with E-state index in [1.165, 1.54) is 12.3 Å². The molecule has 122 valence electrons. The van der Waals surface area contributed by atoms with Gasteiger partial charge in [0, 0.05) is 16.5 Å². The van der Waals surface area contributed by atoms with Crippen LogP contribution in [0.5, 0.6) is 0 Å². The van der Waals surface area contributed by atoms with E-state index in [0.717, 1.165) is 6.07 Å². The third-order valence-corrected chi connectivity index (χ3v) is 4.02. The van der Waals surface area contributed by atoms with Gasteiger partial charge in [-0.25, -0.2) is 18.4 Å². The maximum Gasteiger partial charge on any atom is 0.337 e. The van der Waals surface area contributed by atoms with Crippen molar-refractivity contribution >= 4 is 33.3 Å². The first-order valence-electron chi connectivity index (χ1n) is 5.65. The Kier molecular flexibility index (Phi) is 6.02. The number of carboxylic acid groups (broad SMARTS) is 1. The number of carbonyl (C=O) groups is 1. The van der Waals surface area contributed by atoms with Crippen molar-refractivity contribution in [2.45, 2.75) is 11.4 Å². The van der Waals surface area contributed by atoms with Crippen LogP contribution in [0.15, 0.2) is 39.8 Å². The van der Waals surface area contributed by atoms with Gasteiger partial charge in [-0.2, -0.15) is 0 Å². The van der Waals surface area contributed by atoms with Crippen molar-refractivity contribution < 1.29 is 39.2 Å². The van der Waals surface area contributed by atoms with Crippen LogP contribution in [-0.2, 0) is 33.1 Å². The molecular formula is C12H11ClN2NiO5S. The summed E-state index contributed by atoms with van der Waals surface area (Å²) in [5, 5.41) is 16.8. The number of hydrogen-bond acceptors (Lipinski definition) is 5. The van der Waals surface area contributed by atoms with Gasteiger partial charge in [-0.05, 0) is 24.3 Å². The van der Waals surface area contributed by atoms with Crippen LogP contribution in [0.3, 0.4) is 0 Å². The number of primary sulfonamides is 1. The van der Waals surface area contributed by atoms with Gasteiger partial charge in [0.15, 0.2) is 0 Å². The first-order chi connectivity index (χ1) is 9.79. The fourth-order valence-electron chi connectivity index (χ4n) is 1.69. The second-order valence-corrected chi connectivity index (χ2v) is 6.05. The van der Waals surface area contributed by atoms with E-state index in [1.807, 2.05) is 0 Å². The van der Waals surface area contributed by atoms with Crippen molar-refractivity contribution in [3.05, 3.63) is 46.9 Å². The molecule has 0 aliphatic heterocycles. The standard InChI is InChI=1S/C12H11ClN2O5S.Ni/c13-9-5-10(15-6-7-2-1-3-20-7)8(12(16)17)4-11(9)21(14,18)19;/h1-5,15H,6H2,(H,16,17)(H2,14,18,19);. The molecule has 2 aromatic rings. The Balaban J connectivity index is 0.00000242. The zero-order chi connectivity index (χ0) is 15.6. The Morgan fingerprint density at radius 2 is 2.09 bits per heavy atom. The average molecular weight is 389 g/mol. The van der Waals surface area contributed by atoms with Crippen LogP contribution >= 0.6 is 11.6 Å². The number of hydrogen-bond donors (Lipinski definition) is 3. The molecule has 0 aliphatic carbocycles. The molecule has 1 heterocycles. The number of sulfonamides is 1. The van der Waals surface area contributed by atoms with E-state index in [2.05, 4.69) is 5.32 Å². The molecule has 4 N–H and O–H groups in total. The summed E-state index contributed by atoms with van der Waals surface area (Å²) in [6.07, 6.45) is 1.48. The van der Waals surface area contributed by atoms with Crippen LogP contribution in [0, 0.1) is 0 Å². The average Bonchev–Trinajstić information content (AvgIpc) is 2.87. The molecule has 10 heteroatoms. The normalized spacial score (nSPS) is 10.8. The predicted molar refractivity (Wildman–Crippen MR) is 75.8 cm³/mol. The largest absolute Gasteiger partial charge is 0.478 e. The molecule has 0 aliphatic rings. The van der Waals surface area contributed by atoms with Crippen molar-refractivity contribution in [1.82, 2.24) is 0 Å². The quantitative estimate of drug-likeness (QED) is 0.671. The van der Waals surface area contributed by atoms with Crippen LogP contribution in [0.25, 0.3) is 0 Å². The van der Waals surface area contributed by atoms with Gasteiger partial charge in [-0.3, -0.25) is 0 Å². The molecule has 0 saturated heterocycles. The van der Waals surface area contributed by atoms with E-state index in [9.17, 15) is 13.2 Å². The molecule has 0 radical (unpaired) electrons. The Morgan fingerprint density at radius 3 is 2.59 bits per heavy atom. The molecule has 1 aromatic heterocycles. The van der Waals surface area contributed by atoms with Crippen LogP contribution in [0.1, 0.15) is 16.1 Å². The number of halogens is 1. The van der Waals surface area contributed by atoms with Crippen LogP contribution in [0.4, 0.5) is 5.69 Å².